The molecule has 0 radical (unpaired) electrons. The molecule has 1 rings (SSSR count). The second kappa shape index (κ2) is 7.58. The fraction of sp³-hybridized carbons (Fsp3) is 0.500. The molecule has 0 aliphatic carbocycles. The van der Waals surface area contributed by atoms with E-state index in [-0.39, 0.29) is 12.1 Å². The van der Waals surface area contributed by atoms with Crippen LogP contribution >= 0.6 is 0 Å². The molecule has 0 bridgehead atoms. The molecule has 0 heterocycles. The number of esters is 1. The first kappa shape index (κ1) is 14.4. The zero-order chi connectivity index (χ0) is 13.4. The van der Waals surface area contributed by atoms with Gasteiger partial charge in [-0.15, -0.1) is 0 Å². The summed E-state index contributed by atoms with van der Waals surface area (Å²) >= 11 is 0. The summed E-state index contributed by atoms with van der Waals surface area (Å²) < 4.78 is 10.4. The van der Waals surface area contributed by atoms with Crippen molar-refractivity contribution < 1.29 is 14.3 Å². The molecule has 0 unspecified atom stereocenters. The van der Waals surface area contributed by atoms with Crippen LogP contribution in [0.1, 0.15) is 27.2 Å². The van der Waals surface area contributed by atoms with E-state index in [1.165, 1.54) is 0 Å². The van der Waals surface area contributed by atoms with Crippen molar-refractivity contribution in [3.8, 4) is 5.75 Å². The third-order valence-corrected chi connectivity index (χ3v) is 2.19. The summed E-state index contributed by atoms with van der Waals surface area (Å²) in [4.78, 5) is 11.1. The zero-order valence-electron chi connectivity index (χ0n) is 11.2. The molecule has 0 spiro atoms. The number of hydrogen-bond donors (Lipinski definition) is 1. The van der Waals surface area contributed by atoms with Gasteiger partial charge >= 0.3 is 5.97 Å². The van der Waals surface area contributed by atoms with Crippen LogP contribution in [0.3, 0.4) is 0 Å². The van der Waals surface area contributed by atoms with E-state index in [1.54, 1.807) is 6.92 Å². The Labute approximate surface area is 108 Å². The zero-order valence-corrected chi connectivity index (χ0v) is 11.2. The molecule has 0 atom stereocenters. The molecular formula is C14H21NO3. The normalized spacial score (nSPS) is 10.2. The molecule has 0 aliphatic heterocycles. The van der Waals surface area contributed by atoms with E-state index in [0.29, 0.717) is 19.6 Å². The predicted octanol–water partition coefficient (Wildman–Crippen LogP) is 2.84. The van der Waals surface area contributed by atoms with Gasteiger partial charge in [0.05, 0.1) is 19.1 Å². The van der Waals surface area contributed by atoms with Crippen LogP contribution in [-0.4, -0.2) is 25.2 Å². The maximum Gasteiger partial charge on any atom is 0.307 e. The van der Waals surface area contributed by atoms with Gasteiger partial charge in [-0.1, -0.05) is 0 Å². The molecule has 4 nitrogen and oxygen atoms in total. The molecule has 0 aromatic heterocycles. The quantitative estimate of drug-likeness (QED) is 0.757. The smallest absolute Gasteiger partial charge is 0.307 e. The van der Waals surface area contributed by atoms with Crippen molar-refractivity contribution in [2.24, 2.45) is 0 Å². The van der Waals surface area contributed by atoms with Crippen LogP contribution in [0.2, 0.25) is 0 Å². The highest BCUT2D eigenvalue weighted by atomic mass is 16.5. The molecule has 100 valence electrons. The van der Waals surface area contributed by atoms with Gasteiger partial charge in [0, 0.05) is 12.2 Å². The lowest BCUT2D eigenvalue weighted by Crippen LogP contribution is -2.11. The van der Waals surface area contributed by atoms with Crippen molar-refractivity contribution >= 4 is 11.7 Å². The number of carbonyl (C=O) groups is 1. The van der Waals surface area contributed by atoms with Crippen LogP contribution in [0.15, 0.2) is 24.3 Å². The van der Waals surface area contributed by atoms with E-state index in [9.17, 15) is 4.79 Å². The summed E-state index contributed by atoms with van der Waals surface area (Å²) in [6.45, 7) is 6.79. The van der Waals surface area contributed by atoms with Gasteiger partial charge in [-0.2, -0.15) is 0 Å². The van der Waals surface area contributed by atoms with Crippen LogP contribution in [0.5, 0.6) is 5.75 Å². The number of carbonyl (C=O) groups excluding carboxylic acids is 1. The average molecular weight is 251 g/mol. The second-order valence-electron chi connectivity index (χ2n) is 4.17. The van der Waals surface area contributed by atoms with Crippen molar-refractivity contribution in [1.82, 2.24) is 0 Å². The highest BCUT2D eigenvalue weighted by Gasteiger charge is 2.01. The van der Waals surface area contributed by atoms with Crippen LogP contribution in [0.4, 0.5) is 5.69 Å². The maximum absolute atomic E-state index is 11.1. The Kier molecular flexibility index (Phi) is 6.05. The van der Waals surface area contributed by atoms with Gasteiger partial charge in [0.1, 0.15) is 5.75 Å². The van der Waals surface area contributed by atoms with E-state index >= 15 is 0 Å². The van der Waals surface area contributed by atoms with E-state index in [4.69, 9.17) is 9.47 Å². The van der Waals surface area contributed by atoms with Crippen molar-refractivity contribution in [3.63, 3.8) is 0 Å². The Morgan fingerprint density at radius 2 is 1.94 bits per heavy atom. The fourth-order valence-corrected chi connectivity index (χ4v) is 1.47. The molecule has 18 heavy (non-hydrogen) atoms. The minimum Gasteiger partial charge on any atom is -0.491 e. The van der Waals surface area contributed by atoms with Gasteiger partial charge in [-0.25, -0.2) is 0 Å². The SMILES string of the molecule is CCOC(=O)CCNc1ccc(OC(C)C)cc1. The molecule has 1 aromatic carbocycles. The van der Waals surface area contributed by atoms with Crippen LogP contribution < -0.4 is 10.1 Å². The summed E-state index contributed by atoms with van der Waals surface area (Å²) in [5.74, 6) is 0.672. The Hall–Kier alpha value is -1.71. The van der Waals surface area contributed by atoms with Crippen LogP contribution in [0.25, 0.3) is 0 Å². The number of hydrogen-bond acceptors (Lipinski definition) is 4. The molecule has 0 saturated heterocycles. The average Bonchev–Trinajstić information content (AvgIpc) is 2.31. The van der Waals surface area contributed by atoms with Gasteiger partial charge in [0.2, 0.25) is 0 Å². The van der Waals surface area contributed by atoms with Gasteiger partial charge in [0.15, 0.2) is 0 Å². The summed E-state index contributed by atoms with van der Waals surface area (Å²) in [6, 6.07) is 7.69. The summed E-state index contributed by atoms with van der Waals surface area (Å²) in [7, 11) is 0. The third kappa shape index (κ3) is 5.57. The third-order valence-electron chi connectivity index (χ3n) is 2.19. The molecule has 4 heteroatoms. The predicted molar refractivity (Wildman–Crippen MR) is 71.9 cm³/mol. The maximum atomic E-state index is 11.1. The van der Waals surface area contributed by atoms with Crippen molar-refractivity contribution in [2.45, 2.75) is 33.3 Å². The molecule has 1 N–H and O–H groups in total. The number of ether oxygens (including phenoxy) is 2. The molecule has 0 fully saturated rings. The second-order valence-corrected chi connectivity index (χ2v) is 4.17. The monoisotopic (exact) mass is 251 g/mol. The van der Waals surface area contributed by atoms with Crippen molar-refractivity contribution in [1.29, 1.82) is 0 Å². The van der Waals surface area contributed by atoms with Crippen molar-refractivity contribution in [3.05, 3.63) is 24.3 Å². The van der Waals surface area contributed by atoms with E-state index in [1.807, 2.05) is 38.1 Å². The first-order chi connectivity index (χ1) is 8.61. The van der Waals surface area contributed by atoms with Crippen LogP contribution in [-0.2, 0) is 9.53 Å². The highest BCUT2D eigenvalue weighted by molar-refractivity contribution is 5.70. The lowest BCUT2D eigenvalue weighted by atomic mass is 10.3. The van der Waals surface area contributed by atoms with Gasteiger partial charge < -0.3 is 14.8 Å². The minimum absolute atomic E-state index is 0.174. The van der Waals surface area contributed by atoms with E-state index in [2.05, 4.69) is 5.32 Å². The van der Waals surface area contributed by atoms with E-state index in [0.717, 1.165) is 11.4 Å². The first-order valence-corrected chi connectivity index (χ1v) is 6.28. The molecular weight excluding hydrogens is 230 g/mol. The molecule has 0 saturated carbocycles. The first-order valence-electron chi connectivity index (χ1n) is 6.28. The minimum atomic E-state index is -0.176. The Morgan fingerprint density at radius 3 is 2.50 bits per heavy atom. The topological polar surface area (TPSA) is 47.6 Å². The standard InChI is InChI=1S/C14H21NO3/c1-4-17-14(16)9-10-15-12-5-7-13(8-6-12)18-11(2)3/h5-8,11,15H,4,9-10H2,1-3H3. The largest absolute Gasteiger partial charge is 0.491 e. The molecule has 0 aliphatic rings. The Balaban J connectivity index is 2.33. The number of anilines is 1. The number of benzene rings is 1. The van der Waals surface area contributed by atoms with Crippen molar-refractivity contribution in [2.75, 3.05) is 18.5 Å². The van der Waals surface area contributed by atoms with Gasteiger partial charge in [0.25, 0.3) is 0 Å². The highest BCUT2D eigenvalue weighted by Crippen LogP contribution is 2.16. The summed E-state index contributed by atoms with van der Waals surface area (Å²) in [6.07, 6.45) is 0.547. The fourth-order valence-electron chi connectivity index (χ4n) is 1.47. The number of rotatable bonds is 7. The molecule has 0 amide bonds. The lowest BCUT2D eigenvalue weighted by molar-refractivity contribution is -0.142. The Bertz CT molecular complexity index is 360. The molecule has 1 aromatic rings. The lowest BCUT2D eigenvalue weighted by Gasteiger charge is -2.11. The van der Waals surface area contributed by atoms with Gasteiger partial charge in [-0.3, -0.25) is 4.79 Å². The Morgan fingerprint density at radius 1 is 1.28 bits per heavy atom. The summed E-state index contributed by atoms with van der Waals surface area (Å²) in [5, 5.41) is 3.16. The number of nitrogens with one attached hydrogen (secondary N) is 1. The van der Waals surface area contributed by atoms with E-state index < -0.39 is 0 Å². The summed E-state index contributed by atoms with van der Waals surface area (Å²) in [5.41, 5.74) is 0.968. The van der Waals surface area contributed by atoms with Gasteiger partial charge in [-0.05, 0) is 45.0 Å². The van der Waals surface area contributed by atoms with Crippen LogP contribution in [0, 0.1) is 0 Å².